The number of nitrogens with two attached hydrogens (primary N) is 1. The maximum atomic E-state index is 6.23. The molecule has 1 heterocycles. The number of aromatic nitrogens is 1. The van der Waals surface area contributed by atoms with Crippen LogP contribution in [-0.4, -0.2) is 4.98 Å². The molecule has 0 bridgehead atoms. The predicted octanol–water partition coefficient (Wildman–Crippen LogP) is 5.10. The van der Waals surface area contributed by atoms with Gasteiger partial charge in [-0.2, -0.15) is 12.1 Å². The van der Waals surface area contributed by atoms with Crippen LogP contribution in [0.4, 0.5) is 5.69 Å². The van der Waals surface area contributed by atoms with E-state index < -0.39 is 0 Å². The van der Waals surface area contributed by atoms with Crippen molar-refractivity contribution < 1.29 is 32.7 Å². The largest absolute Gasteiger partial charge is 3.00 e. The molecule has 0 saturated heterocycles. The van der Waals surface area contributed by atoms with E-state index in [9.17, 15) is 0 Å². The van der Waals surface area contributed by atoms with Crippen LogP contribution in [0.15, 0.2) is 33.5 Å². The molecule has 0 unspecified atom stereocenters. The van der Waals surface area contributed by atoms with E-state index >= 15 is 0 Å². The van der Waals surface area contributed by atoms with Crippen molar-refractivity contribution in [3.05, 3.63) is 46.5 Å². The van der Waals surface area contributed by atoms with E-state index in [1.807, 2.05) is 32.0 Å². The van der Waals surface area contributed by atoms with E-state index in [1.165, 1.54) is 0 Å². The van der Waals surface area contributed by atoms with Crippen LogP contribution in [0.25, 0.3) is 10.2 Å². The Morgan fingerprint density at radius 1 is 1.29 bits per heavy atom. The summed E-state index contributed by atoms with van der Waals surface area (Å²) in [5.41, 5.74) is 9.72. The molecule has 2 N–H and O–H groups in total. The zero-order valence-corrected chi connectivity index (χ0v) is 16.8. The molecule has 3 rings (SSSR count). The first-order chi connectivity index (χ1) is 9.54. The molecule has 6 heteroatoms. The van der Waals surface area contributed by atoms with Crippen LogP contribution in [0.3, 0.4) is 0 Å². The quantitative estimate of drug-likeness (QED) is 0.474. The summed E-state index contributed by atoms with van der Waals surface area (Å²) in [6, 6.07) is 10.9. The zero-order chi connectivity index (χ0) is 14.3. The Bertz CT molecular complexity index is 763. The van der Waals surface area contributed by atoms with Crippen LogP contribution in [0.1, 0.15) is 11.1 Å². The zero-order valence-electron chi connectivity index (χ0n) is 11.6. The smallest absolute Gasteiger partial charge is 0.449 e. The van der Waals surface area contributed by atoms with Crippen LogP contribution in [0, 0.1) is 19.9 Å². The summed E-state index contributed by atoms with van der Waals surface area (Å²) in [7, 11) is 0. The van der Waals surface area contributed by atoms with E-state index in [2.05, 4.69) is 11.1 Å². The van der Waals surface area contributed by atoms with Crippen LogP contribution >= 0.6 is 34.7 Å². The molecule has 2 nitrogen and oxygen atoms in total. The van der Waals surface area contributed by atoms with E-state index in [0.717, 1.165) is 41.3 Å². The van der Waals surface area contributed by atoms with Gasteiger partial charge >= 0.3 is 32.7 Å². The third-order valence-electron chi connectivity index (χ3n) is 2.98. The minimum atomic E-state index is 0. The Labute approximate surface area is 162 Å². The maximum absolute atomic E-state index is 6.23. The monoisotopic (exact) mass is 408 g/mol. The van der Waals surface area contributed by atoms with Crippen molar-refractivity contribution in [2.24, 2.45) is 0 Å². The van der Waals surface area contributed by atoms with Crippen molar-refractivity contribution in [2.75, 3.05) is 5.73 Å². The summed E-state index contributed by atoms with van der Waals surface area (Å²) < 4.78 is 2.02. The second-order valence-corrected chi connectivity index (χ2v) is 7.23. The minimum Gasteiger partial charge on any atom is -0.449 e. The van der Waals surface area contributed by atoms with Gasteiger partial charge in [-0.15, -0.1) is 23.0 Å². The second kappa shape index (κ2) is 6.97. The van der Waals surface area contributed by atoms with Crippen molar-refractivity contribution >= 4 is 50.6 Å². The number of rotatable bonds is 2. The number of aryl methyl sites for hydroxylation is 2. The first-order valence-electron chi connectivity index (χ1n) is 6.06. The number of hydrogen-bond donors (Lipinski definition) is 1. The van der Waals surface area contributed by atoms with Gasteiger partial charge < -0.3 is 5.73 Å². The van der Waals surface area contributed by atoms with Gasteiger partial charge in [-0.1, -0.05) is 46.9 Å². The molecule has 0 aliphatic rings. The second-order valence-electron chi connectivity index (χ2n) is 4.57. The van der Waals surface area contributed by atoms with Gasteiger partial charge in [0.1, 0.15) is 0 Å². The topological polar surface area (TPSA) is 38.9 Å². The molecule has 102 valence electrons. The van der Waals surface area contributed by atoms with Crippen LogP contribution in [0.2, 0.25) is 5.02 Å². The predicted molar refractivity (Wildman–Crippen MR) is 87.9 cm³/mol. The van der Waals surface area contributed by atoms with Gasteiger partial charge in [0.15, 0.2) is 4.34 Å². The Hall–Kier alpha value is -0.126. The minimum absolute atomic E-state index is 0. The SMILES string of the molecule is Cc1cc(N)c[c-]c1Sc1nc2c(C)ccc(Cl)c2s1.[Y+3]. The standard InChI is InChI=1S/C15H12ClN2S2.Y/c1-8-3-5-11(16)14-13(8)18-15(20-14)19-12-6-4-10(17)7-9(12)2;/h3-5,7H,17H2,1-2H3;/q-1;+3. The van der Waals surface area contributed by atoms with Crippen LogP contribution in [-0.2, 0) is 32.7 Å². The molecule has 0 amide bonds. The molecular weight excluding hydrogens is 397 g/mol. The molecule has 0 saturated carbocycles. The molecule has 0 aliphatic carbocycles. The molecule has 21 heavy (non-hydrogen) atoms. The normalized spacial score (nSPS) is 10.6. The van der Waals surface area contributed by atoms with Gasteiger partial charge in [0.25, 0.3) is 0 Å². The van der Waals surface area contributed by atoms with Crippen LogP contribution in [0.5, 0.6) is 0 Å². The number of benzene rings is 2. The molecule has 0 spiro atoms. The number of thiazole rings is 1. The van der Waals surface area contributed by atoms with Gasteiger partial charge in [0.2, 0.25) is 0 Å². The summed E-state index contributed by atoms with van der Waals surface area (Å²) >= 11 is 9.45. The summed E-state index contributed by atoms with van der Waals surface area (Å²) in [5.74, 6) is 0. The first kappa shape index (κ1) is 17.2. The molecule has 0 aliphatic heterocycles. The summed E-state index contributed by atoms with van der Waals surface area (Å²) in [6.45, 7) is 4.08. The van der Waals surface area contributed by atoms with E-state index in [4.69, 9.17) is 17.3 Å². The number of halogens is 1. The van der Waals surface area contributed by atoms with E-state index in [1.54, 1.807) is 29.2 Å². The van der Waals surface area contributed by atoms with Crippen molar-refractivity contribution in [3.8, 4) is 0 Å². The fourth-order valence-electron chi connectivity index (χ4n) is 1.94. The fourth-order valence-corrected chi connectivity index (χ4v) is 4.31. The Morgan fingerprint density at radius 3 is 2.71 bits per heavy atom. The molecule has 0 fully saturated rings. The molecule has 0 atom stereocenters. The van der Waals surface area contributed by atoms with Gasteiger partial charge in [0, 0.05) is 0 Å². The summed E-state index contributed by atoms with van der Waals surface area (Å²) in [6.07, 6.45) is 0. The number of anilines is 1. The number of hydrogen-bond acceptors (Lipinski definition) is 4. The average Bonchev–Trinajstić information content (AvgIpc) is 2.83. The summed E-state index contributed by atoms with van der Waals surface area (Å²) in [5, 5.41) is 0.757. The van der Waals surface area contributed by atoms with Crippen molar-refractivity contribution in [3.63, 3.8) is 0 Å². The van der Waals surface area contributed by atoms with Gasteiger partial charge in [-0.3, -0.25) is 0 Å². The third kappa shape index (κ3) is 3.62. The van der Waals surface area contributed by atoms with Crippen molar-refractivity contribution in [2.45, 2.75) is 23.1 Å². The van der Waals surface area contributed by atoms with E-state index in [0.29, 0.717) is 0 Å². The van der Waals surface area contributed by atoms with Crippen molar-refractivity contribution in [1.82, 2.24) is 4.98 Å². The first-order valence-corrected chi connectivity index (χ1v) is 8.07. The number of fused-ring (bicyclic) bond motifs is 1. The molecule has 0 radical (unpaired) electrons. The van der Waals surface area contributed by atoms with Gasteiger partial charge in [-0.25, -0.2) is 4.98 Å². The number of nitrogen functional groups attached to an aromatic ring is 1. The van der Waals surface area contributed by atoms with Crippen molar-refractivity contribution in [1.29, 1.82) is 0 Å². The fraction of sp³-hybridized carbons (Fsp3) is 0.133. The molecular formula is C15H12ClN2S2Y+2. The van der Waals surface area contributed by atoms with Gasteiger partial charge in [0.05, 0.1) is 15.2 Å². The third-order valence-corrected chi connectivity index (χ3v) is 5.70. The van der Waals surface area contributed by atoms with Gasteiger partial charge in [-0.05, 0) is 18.6 Å². The summed E-state index contributed by atoms with van der Waals surface area (Å²) in [4.78, 5) is 5.73. The van der Waals surface area contributed by atoms with Crippen LogP contribution < -0.4 is 5.73 Å². The molecule has 3 aromatic rings. The Balaban J connectivity index is 0.00000161. The Morgan fingerprint density at radius 2 is 2.05 bits per heavy atom. The average molecular weight is 409 g/mol. The number of nitrogens with zero attached hydrogens (tertiary/aromatic N) is 1. The Kier molecular flexibility index (Phi) is 5.72. The van der Waals surface area contributed by atoms with E-state index in [-0.39, 0.29) is 32.7 Å². The molecule has 2 aromatic carbocycles. The maximum Gasteiger partial charge on any atom is 3.00 e. The molecule has 1 aromatic heterocycles.